The highest BCUT2D eigenvalue weighted by molar-refractivity contribution is 6.75. The molecule has 2 nitrogen and oxygen atoms in total. The quantitative estimate of drug-likeness (QED) is 0.174. The average Bonchev–Trinajstić information content (AvgIpc) is 3.92. The van der Waals surface area contributed by atoms with Crippen molar-refractivity contribution in [3.8, 4) is 44.5 Å². The van der Waals surface area contributed by atoms with Gasteiger partial charge in [0.25, 0.3) is 0 Å². The molecule has 1 N–H and O–H groups in total. The molecule has 12 aromatic rings. The summed E-state index contributed by atoms with van der Waals surface area (Å²) >= 11 is 0. The molecule has 9 aromatic carbocycles. The Morgan fingerprint density at radius 3 is 1.86 bits per heavy atom. The van der Waals surface area contributed by atoms with Crippen LogP contribution in [0.15, 0.2) is 158 Å². The van der Waals surface area contributed by atoms with Crippen LogP contribution in [0.1, 0.15) is 16.7 Å². The Bertz CT molecular complexity index is 3700. The van der Waals surface area contributed by atoms with E-state index < -0.39 is 0 Å². The maximum atomic E-state index is 3.95. The first-order chi connectivity index (χ1) is 28.5. The molecule has 1 radical (unpaired) electrons. The Labute approximate surface area is 336 Å². The minimum Gasteiger partial charge on any atom is -0.354 e. The van der Waals surface area contributed by atoms with Gasteiger partial charge in [0.05, 0.1) is 11.0 Å². The number of aryl methyl sites for hydroxylation is 3. The number of para-hydroxylation sites is 1. The molecule has 0 bridgehead atoms. The molecule has 0 fully saturated rings. The number of aromatic amines is 1. The van der Waals surface area contributed by atoms with Crippen molar-refractivity contribution >= 4 is 88.9 Å². The molecule has 1 aliphatic heterocycles. The van der Waals surface area contributed by atoms with Gasteiger partial charge in [-0.05, 0) is 117 Å². The molecule has 3 aromatic heterocycles. The maximum absolute atomic E-state index is 3.95. The predicted octanol–water partition coefficient (Wildman–Crippen LogP) is 13.2. The van der Waals surface area contributed by atoms with Crippen molar-refractivity contribution in [3.05, 3.63) is 174 Å². The predicted molar refractivity (Wildman–Crippen MR) is 249 cm³/mol. The van der Waals surface area contributed by atoms with Crippen molar-refractivity contribution in [2.75, 3.05) is 0 Å². The van der Waals surface area contributed by atoms with Crippen molar-refractivity contribution in [1.82, 2.24) is 9.38 Å². The summed E-state index contributed by atoms with van der Waals surface area (Å²) in [5, 5.41) is 10.3. The summed E-state index contributed by atoms with van der Waals surface area (Å²) in [5.41, 5.74) is 22.7. The Kier molecular flexibility index (Phi) is 6.35. The summed E-state index contributed by atoms with van der Waals surface area (Å²) < 4.78 is 2.63. The van der Waals surface area contributed by atoms with Gasteiger partial charge in [-0.25, -0.2) is 0 Å². The summed E-state index contributed by atoms with van der Waals surface area (Å²) in [6.45, 7) is 6.80. The van der Waals surface area contributed by atoms with Crippen molar-refractivity contribution in [1.29, 1.82) is 0 Å². The van der Waals surface area contributed by atoms with Crippen LogP contribution in [0, 0.1) is 20.8 Å². The van der Waals surface area contributed by atoms with Crippen LogP contribution in [0.5, 0.6) is 0 Å². The molecule has 3 heteroatoms. The number of hydrogen-bond acceptors (Lipinski definition) is 0. The molecule has 0 saturated heterocycles. The van der Waals surface area contributed by atoms with E-state index in [1.807, 2.05) is 0 Å². The molecule has 1 aliphatic rings. The number of nitrogens with one attached hydrogen (secondary N) is 1. The van der Waals surface area contributed by atoms with Crippen LogP contribution in [0.2, 0.25) is 0 Å². The number of fused-ring (bicyclic) bond motifs is 7. The van der Waals surface area contributed by atoms with Crippen LogP contribution in [0.3, 0.4) is 0 Å². The molecule has 58 heavy (non-hydrogen) atoms. The second-order valence-electron chi connectivity index (χ2n) is 16.5. The van der Waals surface area contributed by atoms with Gasteiger partial charge in [-0.3, -0.25) is 0 Å². The van der Waals surface area contributed by atoms with Crippen LogP contribution in [-0.2, 0) is 0 Å². The van der Waals surface area contributed by atoms with Gasteiger partial charge in [0.15, 0.2) is 7.28 Å². The van der Waals surface area contributed by atoms with E-state index in [4.69, 9.17) is 0 Å². The highest BCUT2D eigenvalue weighted by atomic mass is 14.9. The van der Waals surface area contributed by atoms with E-state index in [2.05, 4.69) is 195 Å². The lowest BCUT2D eigenvalue weighted by atomic mass is 9.58. The van der Waals surface area contributed by atoms with E-state index in [9.17, 15) is 0 Å². The summed E-state index contributed by atoms with van der Waals surface area (Å²) in [6, 6.07) is 58.9. The first-order valence-electron chi connectivity index (χ1n) is 20.3. The summed E-state index contributed by atoms with van der Waals surface area (Å²) in [7, 11) is 2.50. The highest BCUT2D eigenvalue weighted by Gasteiger charge is 2.31. The zero-order valence-electron chi connectivity index (χ0n) is 32.5. The number of aromatic nitrogens is 2. The van der Waals surface area contributed by atoms with E-state index in [0.717, 1.165) is 5.52 Å². The summed E-state index contributed by atoms with van der Waals surface area (Å²) in [4.78, 5) is 3.95. The third kappa shape index (κ3) is 4.23. The molecule has 0 saturated carbocycles. The topological polar surface area (TPSA) is 20.2 Å². The molecule has 0 aliphatic carbocycles. The van der Waals surface area contributed by atoms with Gasteiger partial charge in [0, 0.05) is 54.4 Å². The van der Waals surface area contributed by atoms with E-state index >= 15 is 0 Å². The minimum atomic E-state index is 1.16. The van der Waals surface area contributed by atoms with Gasteiger partial charge in [-0.1, -0.05) is 138 Å². The van der Waals surface area contributed by atoms with E-state index in [-0.39, 0.29) is 0 Å². The molecule has 0 unspecified atom stereocenters. The third-order valence-corrected chi connectivity index (χ3v) is 13.1. The first-order valence-corrected chi connectivity index (χ1v) is 20.3. The van der Waals surface area contributed by atoms with Gasteiger partial charge in [-0.2, -0.15) is 0 Å². The van der Waals surface area contributed by atoms with Crippen LogP contribution >= 0.6 is 0 Å². The maximum Gasteiger partial charge on any atom is 0.197 e. The Morgan fingerprint density at radius 1 is 0.448 bits per heavy atom. The minimum absolute atomic E-state index is 1.16. The molecule has 0 spiro atoms. The number of hydrogen-bond donors (Lipinski definition) is 1. The molecule has 0 atom stereocenters. The Hall–Kier alpha value is -7.10. The van der Waals surface area contributed by atoms with Crippen LogP contribution in [0.25, 0.3) is 115 Å². The second-order valence-corrected chi connectivity index (χ2v) is 16.5. The van der Waals surface area contributed by atoms with E-state index in [0.29, 0.717) is 0 Å². The fourth-order valence-corrected chi connectivity index (χ4v) is 10.9. The number of H-pyrrole nitrogens is 1. The molecule has 4 heterocycles. The van der Waals surface area contributed by atoms with Crippen molar-refractivity contribution in [2.45, 2.75) is 20.8 Å². The average molecular weight is 736 g/mol. The van der Waals surface area contributed by atoms with Gasteiger partial charge in [0.2, 0.25) is 0 Å². The molecule has 269 valence electrons. The van der Waals surface area contributed by atoms with Gasteiger partial charge >= 0.3 is 0 Å². The fraction of sp³-hybridized carbons (Fsp3) is 0.0545. The van der Waals surface area contributed by atoms with Gasteiger partial charge in [-0.15, -0.1) is 0 Å². The molecular formula is C55H36BN2. The standard InChI is InChI=1S/C55H36BN2/c1-30-23-31(2)48(32(3)24-30)44-29-41(39-19-12-20-40-49-38-18-11-10-17-35(38)21-22-47(49)57-52(39)40)51-55-50(44)45-27-36(33-13-6-4-7-14-33)25-42-43-26-37(34-15-8-5-9-16-34)28-46(56-51)54(43)58(55)53(42)45/h4-29,57H,1-3H3. The van der Waals surface area contributed by atoms with Crippen molar-refractivity contribution < 1.29 is 0 Å². The smallest absolute Gasteiger partial charge is 0.197 e. The normalized spacial score (nSPS) is 12.5. The molecular weight excluding hydrogens is 699 g/mol. The molecule has 13 rings (SSSR count). The summed E-state index contributed by atoms with van der Waals surface area (Å²) in [6.07, 6.45) is 0. The summed E-state index contributed by atoms with van der Waals surface area (Å²) in [5.74, 6) is 0. The molecule has 0 amide bonds. The third-order valence-electron chi connectivity index (χ3n) is 13.1. The fourth-order valence-electron chi connectivity index (χ4n) is 10.9. The van der Waals surface area contributed by atoms with Crippen LogP contribution in [0.4, 0.5) is 0 Å². The zero-order valence-corrected chi connectivity index (χ0v) is 32.5. The van der Waals surface area contributed by atoms with E-state index in [1.165, 1.54) is 137 Å². The van der Waals surface area contributed by atoms with Crippen LogP contribution in [-0.4, -0.2) is 16.7 Å². The Balaban J connectivity index is 1.24. The lowest BCUT2D eigenvalue weighted by molar-refractivity contribution is 1.32. The number of benzene rings is 9. The zero-order chi connectivity index (χ0) is 38.4. The van der Waals surface area contributed by atoms with Crippen molar-refractivity contribution in [3.63, 3.8) is 0 Å². The Morgan fingerprint density at radius 2 is 1.10 bits per heavy atom. The number of rotatable bonds is 4. The van der Waals surface area contributed by atoms with E-state index in [1.54, 1.807) is 0 Å². The first kappa shape index (κ1) is 32.0. The highest BCUT2D eigenvalue weighted by Crippen LogP contribution is 2.48. The lowest BCUT2D eigenvalue weighted by Gasteiger charge is -2.22. The monoisotopic (exact) mass is 735 g/mol. The lowest BCUT2D eigenvalue weighted by Crippen LogP contribution is -2.34. The van der Waals surface area contributed by atoms with Crippen LogP contribution < -0.4 is 10.9 Å². The van der Waals surface area contributed by atoms with Crippen molar-refractivity contribution in [2.24, 2.45) is 0 Å². The van der Waals surface area contributed by atoms with Gasteiger partial charge < -0.3 is 9.38 Å². The SMILES string of the molecule is Cc1cc(C)c(-c2cc(-c3cccc4c3[nH]c3ccc5ccccc5c34)c3c4c2c2cc(-c5ccccc5)cc5c6cc(-c7ccccc7)cc(c6n4c52)[B]3)c(C)c1. The number of nitrogens with zero attached hydrogens (tertiary/aromatic N) is 1. The largest absolute Gasteiger partial charge is 0.354 e. The van der Waals surface area contributed by atoms with Gasteiger partial charge in [0.1, 0.15) is 0 Å². The second kappa shape index (κ2) is 11.5.